The minimum Gasteiger partial charge on any atom is -0.355 e. The number of fused-ring (bicyclic) bond motifs is 2. The van der Waals surface area contributed by atoms with Gasteiger partial charge in [0.2, 0.25) is 5.91 Å². The van der Waals surface area contributed by atoms with Crippen LogP contribution in [0.15, 0.2) is 0 Å². The van der Waals surface area contributed by atoms with E-state index < -0.39 is 0 Å². The number of rotatable bonds is 4. The third-order valence-electron chi connectivity index (χ3n) is 5.91. The lowest BCUT2D eigenvalue weighted by atomic mass is 9.75. The summed E-state index contributed by atoms with van der Waals surface area (Å²) in [4.78, 5) is 12.4. The smallest absolute Gasteiger partial charge is 0.223 e. The van der Waals surface area contributed by atoms with Crippen molar-refractivity contribution in [2.75, 3.05) is 11.9 Å². The monoisotopic (exact) mass is 327 g/mol. The Balaban J connectivity index is 1.52. The quantitative estimate of drug-likeness (QED) is 0.780. The predicted octanol–water partition coefficient (Wildman–Crippen LogP) is 3.88. The Morgan fingerprint density at radius 2 is 1.95 bits per heavy atom. The largest absolute Gasteiger partial charge is 0.355 e. The van der Waals surface area contributed by atoms with Gasteiger partial charge in [-0.3, -0.25) is 4.79 Å². The van der Waals surface area contributed by atoms with E-state index in [0.717, 1.165) is 24.2 Å². The average molecular weight is 328 g/mol. The fraction of sp³-hybridized carbons (Fsp3) is 0.938. The molecule has 3 heteroatoms. The highest BCUT2D eigenvalue weighted by Gasteiger charge is 2.43. The van der Waals surface area contributed by atoms with Crippen molar-refractivity contribution in [2.45, 2.75) is 57.8 Å². The summed E-state index contributed by atoms with van der Waals surface area (Å²) in [7, 11) is 0. The van der Waals surface area contributed by atoms with Gasteiger partial charge in [-0.2, -0.15) is 0 Å². The summed E-state index contributed by atoms with van der Waals surface area (Å²) >= 11 is 3.68. The second kappa shape index (κ2) is 5.75. The zero-order valence-corrected chi connectivity index (χ0v) is 13.4. The molecule has 2 nitrogen and oxygen atoms in total. The highest BCUT2D eigenvalue weighted by atomic mass is 79.9. The van der Waals surface area contributed by atoms with Gasteiger partial charge < -0.3 is 5.32 Å². The van der Waals surface area contributed by atoms with Gasteiger partial charge in [-0.05, 0) is 49.4 Å². The molecule has 0 aromatic heterocycles. The number of hydrogen-bond donors (Lipinski definition) is 1. The van der Waals surface area contributed by atoms with E-state index in [4.69, 9.17) is 0 Å². The molecular formula is C16H26BrNO. The highest BCUT2D eigenvalue weighted by molar-refractivity contribution is 9.09. The molecular weight excluding hydrogens is 302 g/mol. The number of carbonyl (C=O) groups excluding carboxylic acids is 1. The Morgan fingerprint density at radius 3 is 2.53 bits per heavy atom. The molecule has 3 unspecified atom stereocenters. The average Bonchev–Trinajstić information content (AvgIpc) is 3.08. The van der Waals surface area contributed by atoms with Gasteiger partial charge in [0.15, 0.2) is 0 Å². The molecule has 0 aromatic carbocycles. The molecule has 0 saturated heterocycles. The van der Waals surface area contributed by atoms with Gasteiger partial charge in [-0.15, -0.1) is 0 Å². The molecule has 1 amide bonds. The number of halogens is 1. The van der Waals surface area contributed by atoms with Crippen LogP contribution < -0.4 is 5.32 Å². The van der Waals surface area contributed by atoms with Crippen molar-refractivity contribution in [1.29, 1.82) is 0 Å². The van der Waals surface area contributed by atoms with Gasteiger partial charge in [0, 0.05) is 17.8 Å². The fourth-order valence-corrected chi connectivity index (χ4v) is 5.39. The zero-order chi connectivity index (χ0) is 13.3. The summed E-state index contributed by atoms with van der Waals surface area (Å²) in [5.41, 5.74) is 0.339. The number of alkyl halides is 1. The summed E-state index contributed by atoms with van der Waals surface area (Å²) < 4.78 is 0. The lowest BCUT2D eigenvalue weighted by Gasteiger charge is -2.36. The summed E-state index contributed by atoms with van der Waals surface area (Å²) in [6.07, 6.45) is 11.7. The molecule has 19 heavy (non-hydrogen) atoms. The van der Waals surface area contributed by atoms with Gasteiger partial charge in [-0.25, -0.2) is 0 Å². The molecule has 3 saturated carbocycles. The van der Waals surface area contributed by atoms with Gasteiger partial charge in [0.1, 0.15) is 0 Å². The normalized spacial score (nSPS) is 36.4. The molecule has 108 valence electrons. The highest BCUT2D eigenvalue weighted by Crippen LogP contribution is 2.48. The van der Waals surface area contributed by atoms with Gasteiger partial charge in [0.25, 0.3) is 0 Å². The minimum atomic E-state index is 0.339. The van der Waals surface area contributed by atoms with Gasteiger partial charge in [0.05, 0.1) is 0 Å². The first-order chi connectivity index (χ1) is 9.22. The molecule has 3 aliphatic rings. The molecule has 1 N–H and O–H groups in total. The minimum absolute atomic E-state index is 0.339. The van der Waals surface area contributed by atoms with Crippen LogP contribution in [0, 0.1) is 23.2 Å². The van der Waals surface area contributed by atoms with E-state index in [2.05, 4.69) is 21.2 Å². The van der Waals surface area contributed by atoms with Crippen LogP contribution in [0.2, 0.25) is 0 Å². The third-order valence-corrected chi connectivity index (χ3v) is 7.10. The summed E-state index contributed by atoms with van der Waals surface area (Å²) in [6, 6.07) is 0. The van der Waals surface area contributed by atoms with Crippen molar-refractivity contribution in [1.82, 2.24) is 5.32 Å². The molecule has 3 rings (SSSR count). The Bertz CT molecular complexity index is 338. The van der Waals surface area contributed by atoms with Crippen LogP contribution in [0.4, 0.5) is 0 Å². The van der Waals surface area contributed by atoms with E-state index in [0.29, 0.717) is 23.2 Å². The number of nitrogens with one attached hydrogen (secondary N) is 1. The van der Waals surface area contributed by atoms with E-state index in [1.165, 1.54) is 51.4 Å². The van der Waals surface area contributed by atoms with Gasteiger partial charge in [-0.1, -0.05) is 41.6 Å². The second-order valence-corrected chi connectivity index (χ2v) is 7.75. The summed E-state index contributed by atoms with van der Waals surface area (Å²) in [5.74, 6) is 2.27. The van der Waals surface area contributed by atoms with Crippen molar-refractivity contribution >= 4 is 21.8 Å². The Labute approximate surface area is 125 Å². The molecule has 2 bridgehead atoms. The van der Waals surface area contributed by atoms with Crippen molar-refractivity contribution in [3.8, 4) is 0 Å². The number of amides is 1. The predicted molar refractivity (Wildman–Crippen MR) is 81.3 cm³/mol. The fourth-order valence-electron chi connectivity index (χ4n) is 4.63. The van der Waals surface area contributed by atoms with E-state index >= 15 is 0 Å². The van der Waals surface area contributed by atoms with Gasteiger partial charge >= 0.3 is 0 Å². The van der Waals surface area contributed by atoms with Crippen LogP contribution >= 0.6 is 15.9 Å². The molecule has 3 aliphatic carbocycles. The maximum atomic E-state index is 12.4. The van der Waals surface area contributed by atoms with E-state index in [9.17, 15) is 4.79 Å². The number of carbonyl (C=O) groups is 1. The van der Waals surface area contributed by atoms with Crippen LogP contribution in [0.3, 0.4) is 0 Å². The van der Waals surface area contributed by atoms with Crippen LogP contribution in [-0.2, 0) is 4.79 Å². The van der Waals surface area contributed by atoms with Crippen molar-refractivity contribution < 1.29 is 4.79 Å². The Kier molecular flexibility index (Phi) is 4.21. The first-order valence-electron chi connectivity index (χ1n) is 8.06. The summed E-state index contributed by atoms with van der Waals surface area (Å²) in [6.45, 7) is 0.894. The van der Waals surface area contributed by atoms with Crippen molar-refractivity contribution in [2.24, 2.45) is 23.2 Å². The molecule has 3 atom stereocenters. The second-order valence-electron chi connectivity index (χ2n) is 7.19. The van der Waals surface area contributed by atoms with E-state index in [-0.39, 0.29) is 0 Å². The Morgan fingerprint density at radius 1 is 1.16 bits per heavy atom. The first kappa shape index (κ1) is 13.9. The topological polar surface area (TPSA) is 29.1 Å². The van der Waals surface area contributed by atoms with Crippen LogP contribution in [-0.4, -0.2) is 17.8 Å². The van der Waals surface area contributed by atoms with Crippen LogP contribution in [0.5, 0.6) is 0 Å². The Hall–Kier alpha value is -0.0500. The third kappa shape index (κ3) is 2.86. The molecule has 0 heterocycles. The lowest BCUT2D eigenvalue weighted by molar-refractivity contribution is -0.127. The maximum Gasteiger partial charge on any atom is 0.223 e. The van der Waals surface area contributed by atoms with Crippen molar-refractivity contribution in [3.63, 3.8) is 0 Å². The van der Waals surface area contributed by atoms with Crippen LogP contribution in [0.25, 0.3) is 0 Å². The number of hydrogen-bond acceptors (Lipinski definition) is 1. The summed E-state index contributed by atoms with van der Waals surface area (Å²) in [5, 5.41) is 4.34. The van der Waals surface area contributed by atoms with E-state index in [1.807, 2.05) is 0 Å². The SMILES string of the molecule is O=C(NCC1(CBr)CCCCC1)C1CC2CCC1C2. The molecule has 0 radical (unpaired) electrons. The zero-order valence-electron chi connectivity index (χ0n) is 11.8. The first-order valence-corrected chi connectivity index (χ1v) is 9.18. The maximum absolute atomic E-state index is 12.4. The molecule has 0 aromatic rings. The lowest BCUT2D eigenvalue weighted by Crippen LogP contribution is -2.43. The molecule has 3 fully saturated rings. The molecule has 0 aliphatic heterocycles. The molecule has 0 spiro atoms. The van der Waals surface area contributed by atoms with Crippen LogP contribution in [0.1, 0.15) is 57.8 Å². The van der Waals surface area contributed by atoms with E-state index in [1.54, 1.807) is 0 Å². The van der Waals surface area contributed by atoms with Crippen molar-refractivity contribution in [3.05, 3.63) is 0 Å². The standard InChI is InChI=1S/C16H26BrNO/c17-10-16(6-2-1-3-7-16)11-18-15(19)14-9-12-4-5-13(14)8-12/h12-14H,1-11H2,(H,18,19).